The molecule has 30 heavy (non-hydrogen) atoms. The third-order valence-electron chi connectivity index (χ3n) is 5.27. The van der Waals surface area contributed by atoms with Crippen molar-refractivity contribution in [3.63, 3.8) is 0 Å². The Bertz CT molecular complexity index is 1240. The number of ketones is 1. The van der Waals surface area contributed by atoms with E-state index in [-0.39, 0.29) is 18.2 Å². The number of nitrogens with zero attached hydrogens (tertiary/aromatic N) is 1. The molecule has 2 heterocycles. The third kappa shape index (κ3) is 3.76. The Morgan fingerprint density at radius 2 is 1.77 bits per heavy atom. The molecule has 0 amide bonds. The summed E-state index contributed by atoms with van der Waals surface area (Å²) < 4.78 is 20.4. The number of Topliss-reactive ketones (excluding diaryl/α,β-unsaturated/α-hetero) is 1. The smallest absolute Gasteiger partial charge is 0.340 e. The number of nitrogens with one attached hydrogen (secondary N) is 1. The molecular weight excluding hydrogens is 383 g/mol. The molecule has 0 fully saturated rings. The molecule has 152 valence electrons. The van der Waals surface area contributed by atoms with Crippen molar-refractivity contribution in [2.45, 2.75) is 20.4 Å². The molecular formula is C24H21FN2O3. The van der Waals surface area contributed by atoms with Crippen molar-refractivity contribution < 1.29 is 18.7 Å². The largest absolute Gasteiger partial charge is 0.454 e. The zero-order chi connectivity index (χ0) is 21.3. The van der Waals surface area contributed by atoms with E-state index in [2.05, 4.69) is 4.98 Å². The van der Waals surface area contributed by atoms with Crippen LogP contribution in [0.1, 0.15) is 37.7 Å². The van der Waals surface area contributed by atoms with E-state index in [0.717, 1.165) is 27.9 Å². The van der Waals surface area contributed by atoms with E-state index in [0.29, 0.717) is 17.7 Å². The number of benzene rings is 2. The summed E-state index contributed by atoms with van der Waals surface area (Å²) in [7, 11) is 0. The van der Waals surface area contributed by atoms with Crippen LogP contribution in [0.25, 0.3) is 10.9 Å². The number of carbonyl (C=O) groups is 2. The lowest BCUT2D eigenvalue weighted by Gasteiger charge is -2.10. The van der Waals surface area contributed by atoms with Gasteiger partial charge in [0.15, 0.2) is 6.61 Å². The number of hydrogen-bond acceptors (Lipinski definition) is 3. The van der Waals surface area contributed by atoms with E-state index >= 15 is 0 Å². The second-order valence-electron chi connectivity index (χ2n) is 7.24. The summed E-state index contributed by atoms with van der Waals surface area (Å²) in [6, 6.07) is 15.5. The molecule has 0 bridgehead atoms. The second kappa shape index (κ2) is 7.99. The number of esters is 1. The Morgan fingerprint density at radius 3 is 2.53 bits per heavy atom. The van der Waals surface area contributed by atoms with E-state index in [1.165, 1.54) is 12.1 Å². The van der Waals surface area contributed by atoms with Gasteiger partial charge in [-0.3, -0.25) is 4.79 Å². The van der Waals surface area contributed by atoms with Gasteiger partial charge < -0.3 is 14.3 Å². The number of ether oxygens (including phenoxy) is 1. The molecule has 4 aromatic rings. The lowest BCUT2D eigenvalue weighted by atomic mass is 10.1. The summed E-state index contributed by atoms with van der Waals surface area (Å²) in [6.45, 7) is 3.95. The average molecular weight is 404 g/mol. The Labute approximate surface area is 173 Å². The number of rotatable bonds is 6. The minimum Gasteiger partial charge on any atom is -0.454 e. The van der Waals surface area contributed by atoms with Crippen molar-refractivity contribution in [1.82, 2.24) is 9.55 Å². The van der Waals surface area contributed by atoms with Crippen LogP contribution in [-0.2, 0) is 11.3 Å². The normalized spacial score (nSPS) is 11.0. The second-order valence-corrected chi connectivity index (χ2v) is 7.24. The topological polar surface area (TPSA) is 64.1 Å². The van der Waals surface area contributed by atoms with E-state index in [4.69, 9.17) is 4.74 Å². The van der Waals surface area contributed by atoms with Gasteiger partial charge in [0.1, 0.15) is 5.82 Å². The Kier molecular flexibility index (Phi) is 5.23. The molecule has 0 radical (unpaired) electrons. The summed E-state index contributed by atoms with van der Waals surface area (Å²) in [5.41, 5.74) is 4.37. The van der Waals surface area contributed by atoms with Crippen LogP contribution >= 0.6 is 0 Å². The first-order valence-corrected chi connectivity index (χ1v) is 9.61. The van der Waals surface area contributed by atoms with Crippen LogP contribution in [0.4, 0.5) is 4.39 Å². The molecule has 0 unspecified atom stereocenters. The number of hydrogen-bond donors (Lipinski definition) is 1. The van der Waals surface area contributed by atoms with Crippen LogP contribution in [0.15, 0.2) is 60.8 Å². The minimum absolute atomic E-state index is 0.262. The van der Waals surface area contributed by atoms with Gasteiger partial charge in [0, 0.05) is 40.6 Å². The van der Waals surface area contributed by atoms with Crippen LogP contribution in [0.5, 0.6) is 0 Å². The molecule has 5 nitrogen and oxygen atoms in total. The van der Waals surface area contributed by atoms with Crippen molar-refractivity contribution in [1.29, 1.82) is 0 Å². The fourth-order valence-corrected chi connectivity index (χ4v) is 3.63. The number of carbonyl (C=O) groups excluding carboxylic acids is 2. The highest BCUT2D eigenvalue weighted by Gasteiger charge is 2.19. The number of aromatic nitrogens is 2. The number of para-hydroxylation sites is 1. The Hall–Kier alpha value is -3.67. The number of fused-ring (bicyclic) bond motifs is 1. The molecule has 0 saturated carbocycles. The van der Waals surface area contributed by atoms with Gasteiger partial charge in [0.2, 0.25) is 5.78 Å². The molecule has 2 aromatic carbocycles. The molecule has 0 aliphatic carbocycles. The maximum atomic E-state index is 13.1. The van der Waals surface area contributed by atoms with Crippen molar-refractivity contribution >= 4 is 22.7 Å². The lowest BCUT2D eigenvalue weighted by Crippen LogP contribution is -2.15. The van der Waals surface area contributed by atoms with Gasteiger partial charge in [0.05, 0.1) is 5.56 Å². The molecule has 0 aliphatic heterocycles. The van der Waals surface area contributed by atoms with Gasteiger partial charge >= 0.3 is 5.97 Å². The molecule has 1 N–H and O–H groups in total. The molecule has 0 saturated heterocycles. The highest BCUT2D eigenvalue weighted by Crippen LogP contribution is 2.20. The monoisotopic (exact) mass is 404 g/mol. The van der Waals surface area contributed by atoms with Gasteiger partial charge in [-0.2, -0.15) is 0 Å². The highest BCUT2D eigenvalue weighted by molar-refractivity contribution is 6.05. The van der Waals surface area contributed by atoms with Gasteiger partial charge in [0.25, 0.3) is 0 Å². The number of aryl methyl sites for hydroxylation is 1. The molecule has 0 spiro atoms. The Morgan fingerprint density at radius 1 is 1.03 bits per heavy atom. The van der Waals surface area contributed by atoms with Crippen LogP contribution in [0.3, 0.4) is 0 Å². The van der Waals surface area contributed by atoms with Crippen LogP contribution in [0, 0.1) is 19.7 Å². The van der Waals surface area contributed by atoms with Crippen LogP contribution in [-0.4, -0.2) is 27.9 Å². The van der Waals surface area contributed by atoms with Gasteiger partial charge in [-0.15, -0.1) is 0 Å². The van der Waals surface area contributed by atoms with Crippen molar-refractivity contribution in [3.05, 3.63) is 94.7 Å². The standard InChI is InChI=1S/C24H21FN2O3/c1-15-11-20(16(2)27(15)13-17-7-9-18(25)10-8-17)23(28)14-30-24(29)21-12-26-22-6-4-3-5-19(21)22/h3-12,26H,13-14H2,1-2H3. The predicted octanol–water partition coefficient (Wildman–Crippen LogP) is 4.81. The van der Waals surface area contributed by atoms with E-state index in [1.54, 1.807) is 24.4 Å². The fraction of sp³-hybridized carbons (Fsp3) is 0.167. The first-order valence-electron chi connectivity index (χ1n) is 9.61. The van der Waals surface area contributed by atoms with E-state index in [1.807, 2.05) is 42.7 Å². The molecule has 2 aromatic heterocycles. The predicted molar refractivity (Wildman–Crippen MR) is 112 cm³/mol. The summed E-state index contributed by atoms with van der Waals surface area (Å²) in [5.74, 6) is -1.09. The number of H-pyrrole nitrogens is 1. The van der Waals surface area contributed by atoms with E-state index < -0.39 is 5.97 Å². The number of aromatic amines is 1. The van der Waals surface area contributed by atoms with E-state index in [9.17, 15) is 14.0 Å². The minimum atomic E-state index is -0.541. The lowest BCUT2D eigenvalue weighted by molar-refractivity contribution is 0.0476. The van der Waals surface area contributed by atoms with Crippen LogP contribution < -0.4 is 0 Å². The molecule has 0 atom stereocenters. The quantitative estimate of drug-likeness (QED) is 0.370. The summed E-state index contributed by atoms with van der Waals surface area (Å²) in [6.07, 6.45) is 1.59. The molecule has 6 heteroatoms. The van der Waals surface area contributed by atoms with Crippen molar-refractivity contribution in [2.75, 3.05) is 6.61 Å². The Balaban J connectivity index is 1.47. The number of halogens is 1. The zero-order valence-corrected chi connectivity index (χ0v) is 16.7. The van der Waals surface area contributed by atoms with Crippen molar-refractivity contribution in [3.8, 4) is 0 Å². The van der Waals surface area contributed by atoms with Gasteiger partial charge in [-0.25, -0.2) is 9.18 Å². The summed E-state index contributed by atoms with van der Waals surface area (Å²) in [5, 5.41) is 0.757. The average Bonchev–Trinajstić information content (AvgIpc) is 3.30. The first-order chi connectivity index (χ1) is 14.4. The first kappa shape index (κ1) is 19.6. The summed E-state index contributed by atoms with van der Waals surface area (Å²) in [4.78, 5) is 28.2. The SMILES string of the molecule is Cc1cc(C(=O)COC(=O)c2c[nH]c3ccccc23)c(C)n1Cc1ccc(F)cc1. The maximum Gasteiger partial charge on any atom is 0.340 e. The third-order valence-corrected chi connectivity index (χ3v) is 5.27. The van der Waals surface area contributed by atoms with Crippen molar-refractivity contribution in [2.24, 2.45) is 0 Å². The summed E-state index contributed by atoms with van der Waals surface area (Å²) >= 11 is 0. The molecule has 4 rings (SSSR count). The van der Waals surface area contributed by atoms with Crippen LogP contribution in [0.2, 0.25) is 0 Å². The molecule has 0 aliphatic rings. The van der Waals surface area contributed by atoms with Gasteiger partial charge in [-0.05, 0) is 43.7 Å². The fourth-order valence-electron chi connectivity index (χ4n) is 3.63. The van der Waals surface area contributed by atoms with Gasteiger partial charge in [-0.1, -0.05) is 30.3 Å². The highest BCUT2D eigenvalue weighted by atomic mass is 19.1. The maximum absolute atomic E-state index is 13.1. The zero-order valence-electron chi connectivity index (χ0n) is 16.7.